The maximum atomic E-state index is 4.13. The molecule has 0 aromatic rings. The van der Waals surface area contributed by atoms with Gasteiger partial charge in [-0.25, -0.2) is 0 Å². The predicted octanol–water partition coefficient (Wildman–Crippen LogP) is 2.19. The molecule has 1 aliphatic carbocycles. The second-order valence-electron chi connectivity index (χ2n) is 4.07. The SMILES string of the molecule is [CH2][N+](C)(C)C1CCCCC1. The summed E-state index contributed by atoms with van der Waals surface area (Å²) in [6, 6.07) is 0.828. The van der Waals surface area contributed by atoms with Crippen LogP contribution in [0.5, 0.6) is 0 Å². The molecule has 0 atom stereocenters. The molecule has 1 aliphatic rings. The Morgan fingerprint density at radius 2 is 1.60 bits per heavy atom. The molecule has 0 amide bonds. The molecule has 0 aromatic carbocycles. The Hall–Kier alpha value is -0.0400. The standard InChI is InChI=1S/C9H19N/c1-10(2,3)9-7-5-4-6-8-9/h9H,1,4-8H2,2-3H3/q+1. The summed E-state index contributed by atoms with van der Waals surface area (Å²) < 4.78 is 0.917. The molecule has 0 aliphatic heterocycles. The highest BCUT2D eigenvalue weighted by Crippen LogP contribution is 2.24. The third-order valence-electron chi connectivity index (χ3n) is 2.56. The molecular weight excluding hydrogens is 122 g/mol. The Morgan fingerprint density at radius 1 is 1.10 bits per heavy atom. The van der Waals surface area contributed by atoms with Crippen molar-refractivity contribution in [3.63, 3.8) is 0 Å². The van der Waals surface area contributed by atoms with Crippen molar-refractivity contribution in [2.75, 3.05) is 14.1 Å². The van der Waals surface area contributed by atoms with E-state index in [1.54, 1.807) is 0 Å². The Balaban J connectivity index is 2.39. The van der Waals surface area contributed by atoms with Crippen molar-refractivity contribution >= 4 is 0 Å². The minimum Gasteiger partial charge on any atom is -0.321 e. The van der Waals surface area contributed by atoms with E-state index in [9.17, 15) is 0 Å². The third-order valence-corrected chi connectivity index (χ3v) is 2.56. The summed E-state index contributed by atoms with van der Waals surface area (Å²) in [4.78, 5) is 0. The first-order valence-electron chi connectivity index (χ1n) is 4.29. The Morgan fingerprint density at radius 3 is 1.90 bits per heavy atom. The van der Waals surface area contributed by atoms with Gasteiger partial charge in [0.25, 0.3) is 0 Å². The summed E-state index contributed by atoms with van der Waals surface area (Å²) in [5.74, 6) is 0. The maximum Gasteiger partial charge on any atom is 0.128 e. The van der Waals surface area contributed by atoms with Crippen molar-refractivity contribution in [1.82, 2.24) is 0 Å². The van der Waals surface area contributed by atoms with Gasteiger partial charge in [0.05, 0.1) is 20.1 Å². The van der Waals surface area contributed by atoms with E-state index in [2.05, 4.69) is 21.1 Å². The van der Waals surface area contributed by atoms with Crippen molar-refractivity contribution in [3.8, 4) is 0 Å². The molecule has 1 fully saturated rings. The monoisotopic (exact) mass is 141 g/mol. The largest absolute Gasteiger partial charge is 0.321 e. The van der Waals surface area contributed by atoms with Gasteiger partial charge in [0.1, 0.15) is 7.05 Å². The lowest BCUT2D eigenvalue weighted by Gasteiger charge is -2.35. The molecule has 0 unspecified atom stereocenters. The molecule has 1 nitrogen and oxygen atoms in total. The van der Waals surface area contributed by atoms with Gasteiger partial charge in [0, 0.05) is 0 Å². The lowest BCUT2D eigenvalue weighted by atomic mass is 9.94. The fraction of sp³-hybridized carbons (Fsp3) is 0.889. The Kier molecular flexibility index (Phi) is 2.35. The van der Waals surface area contributed by atoms with E-state index in [0.717, 1.165) is 10.5 Å². The molecule has 59 valence electrons. The first kappa shape index (κ1) is 8.06. The van der Waals surface area contributed by atoms with Crippen LogP contribution >= 0.6 is 0 Å². The van der Waals surface area contributed by atoms with Crippen molar-refractivity contribution in [1.29, 1.82) is 0 Å². The van der Waals surface area contributed by atoms with Crippen LogP contribution in [0.4, 0.5) is 0 Å². The zero-order valence-electron chi connectivity index (χ0n) is 7.27. The van der Waals surface area contributed by atoms with E-state index in [1.165, 1.54) is 32.1 Å². The van der Waals surface area contributed by atoms with Gasteiger partial charge >= 0.3 is 0 Å². The highest BCUT2D eigenvalue weighted by atomic mass is 15.3. The molecule has 1 rings (SSSR count). The van der Waals surface area contributed by atoms with Crippen LogP contribution in [0.1, 0.15) is 32.1 Å². The van der Waals surface area contributed by atoms with Gasteiger partial charge in [-0.15, -0.1) is 0 Å². The average Bonchev–Trinajstić information content (AvgIpc) is 1.88. The molecule has 0 aromatic heterocycles. The van der Waals surface area contributed by atoms with Crippen molar-refractivity contribution < 1.29 is 4.48 Å². The number of hydrogen-bond donors (Lipinski definition) is 0. The van der Waals surface area contributed by atoms with Gasteiger partial charge in [0.2, 0.25) is 0 Å². The minimum absolute atomic E-state index is 0.828. The van der Waals surface area contributed by atoms with E-state index in [4.69, 9.17) is 0 Å². The van der Waals surface area contributed by atoms with E-state index < -0.39 is 0 Å². The fourth-order valence-electron chi connectivity index (χ4n) is 1.78. The molecule has 1 heteroatoms. The quantitative estimate of drug-likeness (QED) is 0.491. The van der Waals surface area contributed by atoms with Crippen LogP contribution in [0.25, 0.3) is 0 Å². The highest BCUT2D eigenvalue weighted by Gasteiger charge is 2.25. The summed E-state index contributed by atoms with van der Waals surface area (Å²) in [7, 11) is 8.54. The van der Waals surface area contributed by atoms with Gasteiger partial charge in [0.15, 0.2) is 0 Å². The van der Waals surface area contributed by atoms with E-state index in [1.807, 2.05) is 0 Å². The molecule has 1 saturated carbocycles. The van der Waals surface area contributed by atoms with E-state index >= 15 is 0 Å². The predicted molar refractivity (Wildman–Crippen MR) is 44.3 cm³/mol. The molecule has 0 N–H and O–H groups in total. The van der Waals surface area contributed by atoms with Gasteiger partial charge in [-0.1, -0.05) is 6.42 Å². The van der Waals surface area contributed by atoms with Crippen LogP contribution in [-0.2, 0) is 0 Å². The van der Waals surface area contributed by atoms with Gasteiger partial charge in [-0.05, 0) is 25.7 Å². The van der Waals surface area contributed by atoms with Crippen LogP contribution in [0.2, 0.25) is 0 Å². The zero-order valence-corrected chi connectivity index (χ0v) is 7.27. The molecule has 0 saturated heterocycles. The fourth-order valence-corrected chi connectivity index (χ4v) is 1.78. The molecule has 0 heterocycles. The lowest BCUT2D eigenvalue weighted by Crippen LogP contribution is -2.43. The summed E-state index contributed by atoms with van der Waals surface area (Å²) in [6.07, 6.45) is 7.05. The summed E-state index contributed by atoms with van der Waals surface area (Å²) in [5, 5.41) is 0. The average molecular weight is 141 g/mol. The Labute approximate surface area is 64.6 Å². The van der Waals surface area contributed by atoms with Crippen molar-refractivity contribution in [2.24, 2.45) is 0 Å². The molecular formula is C9H19N+. The van der Waals surface area contributed by atoms with Crippen LogP contribution in [-0.4, -0.2) is 24.6 Å². The smallest absolute Gasteiger partial charge is 0.128 e. The van der Waals surface area contributed by atoms with Crippen LogP contribution in [0.15, 0.2) is 0 Å². The molecule has 10 heavy (non-hydrogen) atoms. The number of rotatable bonds is 1. The van der Waals surface area contributed by atoms with E-state index in [-0.39, 0.29) is 0 Å². The van der Waals surface area contributed by atoms with Crippen LogP contribution in [0.3, 0.4) is 0 Å². The summed E-state index contributed by atoms with van der Waals surface area (Å²) >= 11 is 0. The highest BCUT2D eigenvalue weighted by molar-refractivity contribution is 4.65. The number of quaternary nitrogens is 1. The van der Waals surface area contributed by atoms with E-state index in [0.29, 0.717) is 0 Å². The molecule has 1 radical (unpaired) electrons. The number of hydrogen-bond acceptors (Lipinski definition) is 0. The summed E-state index contributed by atoms with van der Waals surface area (Å²) in [5.41, 5.74) is 0. The topological polar surface area (TPSA) is 0 Å². The van der Waals surface area contributed by atoms with Gasteiger partial charge in [-0.2, -0.15) is 0 Å². The minimum atomic E-state index is 0.828. The first-order valence-corrected chi connectivity index (χ1v) is 4.29. The second kappa shape index (κ2) is 2.91. The van der Waals surface area contributed by atoms with Gasteiger partial charge < -0.3 is 4.48 Å². The van der Waals surface area contributed by atoms with Crippen LogP contribution < -0.4 is 0 Å². The van der Waals surface area contributed by atoms with Crippen molar-refractivity contribution in [3.05, 3.63) is 7.05 Å². The number of nitrogens with zero attached hydrogens (tertiary/aromatic N) is 1. The molecule has 0 spiro atoms. The lowest BCUT2D eigenvalue weighted by molar-refractivity contribution is -0.873. The van der Waals surface area contributed by atoms with Crippen molar-refractivity contribution in [2.45, 2.75) is 38.1 Å². The zero-order chi connectivity index (χ0) is 7.61. The van der Waals surface area contributed by atoms with Crippen LogP contribution in [0, 0.1) is 7.05 Å². The summed E-state index contributed by atoms with van der Waals surface area (Å²) in [6.45, 7) is 0. The maximum absolute atomic E-state index is 4.13. The normalized spacial score (nSPS) is 23.1. The third kappa shape index (κ3) is 1.98. The van der Waals surface area contributed by atoms with Gasteiger partial charge in [-0.3, -0.25) is 0 Å². The Bertz CT molecular complexity index is 95.8. The first-order chi connectivity index (χ1) is 4.61. The second-order valence-corrected chi connectivity index (χ2v) is 4.07. The molecule has 0 bridgehead atoms.